The number of hydrogen-bond acceptors (Lipinski definition) is 11. The number of ether oxygens (including phenoxy) is 1. The van der Waals surface area contributed by atoms with Crippen molar-refractivity contribution in [2.75, 3.05) is 38.5 Å². The van der Waals surface area contributed by atoms with Gasteiger partial charge in [0.2, 0.25) is 5.95 Å². The third-order valence-corrected chi connectivity index (χ3v) is 6.25. The Morgan fingerprint density at radius 1 is 1.24 bits per heavy atom. The molecule has 16 heteroatoms. The molecule has 3 rings (SSSR count). The van der Waals surface area contributed by atoms with E-state index in [-0.39, 0.29) is 23.7 Å². The number of nitrogens with one attached hydrogen (secondary N) is 3. The number of aliphatic hydroxyl groups excluding tert-OH is 2. The summed E-state index contributed by atoms with van der Waals surface area (Å²) in [7, 11) is -4.14. The van der Waals surface area contributed by atoms with Crippen LogP contribution in [0.3, 0.4) is 0 Å². The lowest BCUT2D eigenvalue weighted by molar-refractivity contribution is -0.0487. The molecule has 2 aromatic rings. The molecule has 0 aliphatic carbocycles. The molecule has 1 aliphatic rings. The third kappa shape index (κ3) is 6.56. The van der Waals surface area contributed by atoms with Crippen LogP contribution in [0.1, 0.15) is 25.5 Å². The molecular weight excluding hydrogens is 459 g/mol. The lowest BCUT2D eigenvalue weighted by Gasteiger charge is -2.18. The molecule has 33 heavy (non-hydrogen) atoms. The van der Waals surface area contributed by atoms with E-state index in [1.54, 1.807) is 0 Å². The Kier molecular flexibility index (Phi) is 8.92. The van der Waals surface area contributed by atoms with Crippen molar-refractivity contribution >= 4 is 24.9 Å². The summed E-state index contributed by atoms with van der Waals surface area (Å²) in [5, 5.41) is 26.4. The Bertz CT molecular complexity index is 1020. The highest BCUT2D eigenvalue weighted by Crippen LogP contribution is 2.39. The van der Waals surface area contributed by atoms with Crippen LogP contribution in [0.5, 0.6) is 0 Å². The average molecular weight is 490 g/mol. The summed E-state index contributed by atoms with van der Waals surface area (Å²) in [6, 6.07) is 0. The molecule has 0 amide bonds. The van der Waals surface area contributed by atoms with Crippen molar-refractivity contribution in [2.45, 2.75) is 43.8 Å². The highest BCUT2D eigenvalue weighted by molar-refractivity contribution is 7.50. The molecule has 0 saturated carbocycles. The first kappa shape index (κ1) is 25.7. The molecule has 1 fully saturated rings. The van der Waals surface area contributed by atoms with Gasteiger partial charge in [0.15, 0.2) is 17.4 Å². The molecule has 186 valence electrons. The average Bonchev–Trinajstić information content (AvgIpc) is 3.30. The number of aromatic nitrogens is 4. The minimum absolute atomic E-state index is 0.0205. The van der Waals surface area contributed by atoms with Crippen LogP contribution in [-0.2, 0) is 13.8 Å². The Morgan fingerprint density at radius 2 is 1.97 bits per heavy atom. The van der Waals surface area contributed by atoms with Crippen molar-refractivity contribution in [3.63, 3.8) is 0 Å². The molecule has 0 radical (unpaired) electrons. The van der Waals surface area contributed by atoms with Crippen molar-refractivity contribution in [2.24, 2.45) is 5.73 Å². The van der Waals surface area contributed by atoms with Gasteiger partial charge in [-0.25, -0.2) is 14.6 Å². The topological polar surface area (TPSA) is 236 Å². The van der Waals surface area contributed by atoms with Crippen molar-refractivity contribution in [3.05, 3.63) is 16.7 Å². The van der Waals surface area contributed by atoms with Gasteiger partial charge in [0, 0.05) is 6.54 Å². The van der Waals surface area contributed by atoms with Gasteiger partial charge < -0.3 is 36.6 Å². The fourth-order valence-electron chi connectivity index (χ4n) is 3.39. The zero-order valence-corrected chi connectivity index (χ0v) is 18.9. The molecule has 0 spiro atoms. The Labute approximate surface area is 189 Å². The zero-order valence-electron chi connectivity index (χ0n) is 18.0. The number of rotatable bonds is 13. The second-order valence-corrected chi connectivity index (χ2v) is 9.26. The van der Waals surface area contributed by atoms with Gasteiger partial charge in [-0.1, -0.05) is 0 Å². The van der Waals surface area contributed by atoms with Gasteiger partial charge in [-0.15, -0.1) is 0 Å². The second kappa shape index (κ2) is 11.5. The summed E-state index contributed by atoms with van der Waals surface area (Å²) < 4.78 is 24.1. The number of aliphatic hydroxyl groups is 2. The Hall–Kier alpha value is -1.94. The maximum absolute atomic E-state index is 12.2. The molecule has 2 aromatic heterocycles. The van der Waals surface area contributed by atoms with Crippen LogP contribution < -0.4 is 27.4 Å². The highest BCUT2D eigenvalue weighted by atomic mass is 31.2. The SMILES string of the molecule is NCCCNCCCCNP(=O)(O)OC[C@H]1O[C@@H](n2cnc3c(=O)[nH]c(N)nc32)[C@H](O)[C@@H]1O. The predicted molar refractivity (Wildman–Crippen MR) is 118 cm³/mol. The van der Waals surface area contributed by atoms with E-state index >= 15 is 0 Å². The van der Waals surface area contributed by atoms with E-state index in [0.717, 1.165) is 25.9 Å². The van der Waals surface area contributed by atoms with Crippen LogP contribution in [0.4, 0.5) is 5.95 Å². The number of nitrogen functional groups attached to an aromatic ring is 1. The number of unbranched alkanes of at least 4 members (excludes halogenated alkanes) is 1. The van der Waals surface area contributed by atoms with Crippen molar-refractivity contribution < 1.29 is 28.9 Å². The van der Waals surface area contributed by atoms with Crippen LogP contribution in [0, 0.1) is 0 Å². The van der Waals surface area contributed by atoms with Gasteiger partial charge in [0.25, 0.3) is 5.56 Å². The molecule has 10 N–H and O–H groups in total. The molecule has 0 bridgehead atoms. The van der Waals surface area contributed by atoms with Crippen LogP contribution in [0.25, 0.3) is 11.2 Å². The van der Waals surface area contributed by atoms with Crippen LogP contribution in [-0.4, -0.2) is 85.7 Å². The van der Waals surface area contributed by atoms with Crippen LogP contribution in [0.15, 0.2) is 11.1 Å². The summed E-state index contributed by atoms with van der Waals surface area (Å²) in [6.07, 6.45) is -1.57. The first-order chi connectivity index (χ1) is 15.7. The van der Waals surface area contributed by atoms with Crippen LogP contribution >= 0.6 is 7.75 Å². The van der Waals surface area contributed by atoms with E-state index < -0.39 is 44.5 Å². The number of nitrogens with zero attached hydrogens (tertiary/aromatic N) is 3. The molecule has 1 aliphatic heterocycles. The molecule has 15 nitrogen and oxygen atoms in total. The van der Waals surface area contributed by atoms with E-state index in [9.17, 15) is 24.5 Å². The summed E-state index contributed by atoms with van der Waals surface area (Å²) in [5.41, 5.74) is 10.4. The van der Waals surface area contributed by atoms with E-state index in [2.05, 4.69) is 25.4 Å². The monoisotopic (exact) mass is 490 g/mol. The minimum atomic E-state index is -4.14. The molecule has 0 aromatic carbocycles. The number of nitrogens with two attached hydrogens (primary N) is 2. The number of aromatic amines is 1. The fourth-order valence-corrected chi connectivity index (χ4v) is 4.27. The Balaban J connectivity index is 1.50. The van der Waals surface area contributed by atoms with E-state index in [1.165, 1.54) is 10.9 Å². The largest absolute Gasteiger partial charge is 0.403 e. The van der Waals surface area contributed by atoms with Gasteiger partial charge in [-0.2, -0.15) is 4.98 Å². The highest BCUT2D eigenvalue weighted by Gasteiger charge is 2.45. The maximum atomic E-state index is 12.2. The molecular formula is C17H31N8O7P. The third-order valence-electron chi connectivity index (χ3n) is 5.13. The molecule has 5 atom stereocenters. The van der Waals surface area contributed by atoms with Gasteiger partial charge >= 0.3 is 7.75 Å². The molecule has 1 unspecified atom stereocenters. The van der Waals surface area contributed by atoms with E-state index in [4.69, 9.17) is 20.7 Å². The normalized spacial score (nSPS) is 25.0. The standard InChI is InChI=1S/C17H31N8O7P/c18-4-3-6-20-5-1-2-7-22-33(29,30)31-8-10-12(26)13(27)16(32-10)25-9-21-11-14(25)23-17(19)24-15(11)28/h9-10,12-13,16,20,26-27H,1-8,18H2,(H2,22,29,30)(H3,19,23,24,28)/t10-,12-,13-,16-/m1/s1. The summed E-state index contributed by atoms with van der Waals surface area (Å²) in [4.78, 5) is 32.1. The van der Waals surface area contributed by atoms with Crippen molar-refractivity contribution in [3.8, 4) is 0 Å². The van der Waals surface area contributed by atoms with Gasteiger partial charge in [0.05, 0.1) is 12.9 Å². The van der Waals surface area contributed by atoms with Crippen LogP contribution in [0.2, 0.25) is 0 Å². The summed E-state index contributed by atoms with van der Waals surface area (Å²) >= 11 is 0. The number of imidazole rings is 1. The van der Waals surface area contributed by atoms with Gasteiger partial charge in [-0.05, 0) is 38.9 Å². The zero-order chi connectivity index (χ0) is 24.0. The number of H-pyrrole nitrogens is 1. The van der Waals surface area contributed by atoms with Crippen molar-refractivity contribution in [1.82, 2.24) is 29.9 Å². The van der Waals surface area contributed by atoms with Gasteiger partial charge in [-0.3, -0.25) is 18.9 Å². The quantitative estimate of drug-likeness (QED) is 0.109. The van der Waals surface area contributed by atoms with Gasteiger partial charge in [0.1, 0.15) is 18.3 Å². The summed E-state index contributed by atoms with van der Waals surface area (Å²) in [6.45, 7) is 2.03. The fraction of sp³-hybridized carbons (Fsp3) is 0.706. The predicted octanol–water partition coefficient (Wildman–Crippen LogP) is -2.25. The second-order valence-electron chi connectivity index (χ2n) is 7.65. The lowest BCUT2D eigenvalue weighted by Crippen LogP contribution is -2.34. The molecule has 1 saturated heterocycles. The maximum Gasteiger partial charge on any atom is 0.403 e. The molecule has 3 heterocycles. The number of anilines is 1. The lowest BCUT2D eigenvalue weighted by atomic mass is 10.1. The summed E-state index contributed by atoms with van der Waals surface area (Å²) in [5.74, 6) is -0.152. The van der Waals surface area contributed by atoms with E-state index in [1.807, 2.05) is 0 Å². The first-order valence-electron chi connectivity index (χ1n) is 10.6. The number of hydrogen-bond donors (Lipinski definition) is 8. The van der Waals surface area contributed by atoms with E-state index in [0.29, 0.717) is 13.0 Å². The first-order valence-corrected chi connectivity index (χ1v) is 12.2. The van der Waals surface area contributed by atoms with Crippen molar-refractivity contribution in [1.29, 1.82) is 0 Å². The Morgan fingerprint density at radius 3 is 2.73 bits per heavy atom. The minimum Gasteiger partial charge on any atom is -0.387 e. The smallest absolute Gasteiger partial charge is 0.387 e. The number of fused-ring (bicyclic) bond motifs is 1.